The highest BCUT2D eigenvalue weighted by Crippen LogP contribution is 2.21. The molecule has 96 valence electrons. The molecule has 0 fully saturated rings. The summed E-state index contributed by atoms with van der Waals surface area (Å²) in [5.41, 5.74) is 1.01. The second kappa shape index (κ2) is 6.88. The van der Waals surface area contributed by atoms with Crippen LogP contribution in [0.3, 0.4) is 0 Å². The Bertz CT molecular complexity index is 415. The van der Waals surface area contributed by atoms with Crippen LogP contribution in [0, 0.1) is 6.92 Å². The van der Waals surface area contributed by atoms with Crippen molar-refractivity contribution in [3.05, 3.63) is 21.4 Å². The molecule has 1 aromatic heterocycles. The Morgan fingerprint density at radius 3 is 2.82 bits per heavy atom. The van der Waals surface area contributed by atoms with Crippen LogP contribution in [0.4, 0.5) is 0 Å². The maximum Gasteiger partial charge on any atom is 0.345 e. The summed E-state index contributed by atoms with van der Waals surface area (Å²) in [6, 6.07) is 1.70. The third-order valence-electron chi connectivity index (χ3n) is 2.38. The highest BCUT2D eigenvalue weighted by atomic mass is 32.2. The number of hydrogen-bond donors (Lipinski definition) is 2. The highest BCUT2D eigenvalue weighted by molar-refractivity contribution is 7.84. The zero-order valence-electron chi connectivity index (χ0n) is 9.99. The van der Waals surface area contributed by atoms with Crippen molar-refractivity contribution in [3.8, 4) is 0 Å². The van der Waals surface area contributed by atoms with Crippen molar-refractivity contribution in [2.75, 3.05) is 18.1 Å². The first-order valence-electron chi connectivity index (χ1n) is 5.43. The van der Waals surface area contributed by atoms with Crippen molar-refractivity contribution >= 4 is 28.1 Å². The van der Waals surface area contributed by atoms with Gasteiger partial charge in [-0.15, -0.1) is 11.3 Å². The van der Waals surface area contributed by atoms with Crippen LogP contribution in [-0.4, -0.2) is 33.3 Å². The van der Waals surface area contributed by atoms with E-state index in [4.69, 9.17) is 5.11 Å². The summed E-state index contributed by atoms with van der Waals surface area (Å²) in [4.78, 5) is 12.2. The van der Waals surface area contributed by atoms with E-state index in [2.05, 4.69) is 5.32 Å². The molecule has 1 unspecified atom stereocenters. The molecule has 0 saturated carbocycles. The molecular formula is C11H17NO3S2. The Balaban J connectivity index is 2.41. The van der Waals surface area contributed by atoms with Crippen LogP contribution >= 0.6 is 11.3 Å². The van der Waals surface area contributed by atoms with Gasteiger partial charge in [0.15, 0.2) is 0 Å². The van der Waals surface area contributed by atoms with Gasteiger partial charge >= 0.3 is 5.97 Å². The standard InChI is InChI=1S/C11H17NO3S2/c1-3-17(15)5-4-12-7-9-6-10(11(13)14)16-8(9)2/h6,12H,3-5,7H2,1-2H3,(H,13,14). The van der Waals surface area contributed by atoms with Gasteiger partial charge in [-0.1, -0.05) is 6.92 Å². The average Bonchev–Trinajstić information content (AvgIpc) is 2.66. The minimum Gasteiger partial charge on any atom is -0.477 e. The van der Waals surface area contributed by atoms with Gasteiger partial charge in [-0.05, 0) is 18.6 Å². The summed E-state index contributed by atoms with van der Waals surface area (Å²) in [6.45, 7) is 5.14. The van der Waals surface area contributed by atoms with Gasteiger partial charge in [0.2, 0.25) is 0 Å². The van der Waals surface area contributed by atoms with Crippen LogP contribution in [-0.2, 0) is 17.3 Å². The number of rotatable bonds is 7. The average molecular weight is 275 g/mol. The quantitative estimate of drug-likeness (QED) is 0.742. The fraction of sp³-hybridized carbons (Fsp3) is 0.545. The molecule has 0 spiro atoms. The lowest BCUT2D eigenvalue weighted by Gasteiger charge is -2.03. The summed E-state index contributed by atoms with van der Waals surface area (Å²) < 4.78 is 11.2. The van der Waals surface area contributed by atoms with E-state index in [-0.39, 0.29) is 0 Å². The van der Waals surface area contributed by atoms with Crippen LogP contribution in [0.1, 0.15) is 27.0 Å². The molecule has 1 aromatic rings. The van der Waals surface area contributed by atoms with Gasteiger partial charge in [-0.2, -0.15) is 0 Å². The first-order chi connectivity index (χ1) is 8.04. The number of carbonyl (C=O) groups is 1. The number of carboxylic acids is 1. The van der Waals surface area contributed by atoms with Crippen LogP contribution in [0.2, 0.25) is 0 Å². The minimum atomic E-state index is -0.878. The van der Waals surface area contributed by atoms with E-state index in [1.165, 1.54) is 11.3 Å². The topological polar surface area (TPSA) is 66.4 Å². The Labute approximate surface area is 108 Å². The predicted octanol–water partition coefficient (Wildman–Crippen LogP) is 1.61. The third-order valence-corrected chi connectivity index (χ3v) is 4.76. The molecule has 0 aliphatic rings. The normalized spacial score (nSPS) is 12.6. The van der Waals surface area contributed by atoms with E-state index >= 15 is 0 Å². The third kappa shape index (κ3) is 4.57. The Morgan fingerprint density at radius 2 is 2.29 bits per heavy atom. The zero-order chi connectivity index (χ0) is 12.8. The van der Waals surface area contributed by atoms with Crippen molar-refractivity contribution in [2.24, 2.45) is 0 Å². The number of nitrogens with one attached hydrogen (secondary N) is 1. The molecule has 6 heteroatoms. The summed E-state index contributed by atoms with van der Waals surface area (Å²) in [5.74, 6) is 0.449. The molecule has 0 radical (unpaired) electrons. The predicted molar refractivity (Wildman–Crippen MR) is 71.3 cm³/mol. The number of carboxylic acid groups (broad SMARTS) is 1. The van der Waals surface area contributed by atoms with Crippen molar-refractivity contribution in [3.63, 3.8) is 0 Å². The maximum atomic E-state index is 11.2. The molecule has 0 aliphatic carbocycles. The van der Waals surface area contributed by atoms with Crippen molar-refractivity contribution < 1.29 is 14.1 Å². The van der Waals surface area contributed by atoms with E-state index in [0.717, 1.165) is 10.4 Å². The lowest BCUT2D eigenvalue weighted by molar-refractivity contribution is 0.0702. The lowest BCUT2D eigenvalue weighted by atomic mass is 10.2. The van der Waals surface area contributed by atoms with Gasteiger partial charge < -0.3 is 10.4 Å². The maximum absolute atomic E-state index is 11.2. The van der Waals surface area contributed by atoms with Crippen molar-refractivity contribution in [1.82, 2.24) is 5.32 Å². The lowest BCUT2D eigenvalue weighted by Crippen LogP contribution is -2.20. The smallest absolute Gasteiger partial charge is 0.345 e. The van der Waals surface area contributed by atoms with Crippen molar-refractivity contribution in [2.45, 2.75) is 20.4 Å². The first-order valence-corrected chi connectivity index (χ1v) is 7.73. The molecule has 0 aliphatic heterocycles. The summed E-state index contributed by atoms with van der Waals surface area (Å²) in [7, 11) is -0.746. The fourth-order valence-corrected chi connectivity index (χ4v) is 2.90. The fourth-order valence-electron chi connectivity index (χ4n) is 1.35. The number of hydrogen-bond acceptors (Lipinski definition) is 4. The molecular weight excluding hydrogens is 258 g/mol. The summed E-state index contributed by atoms with van der Waals surface area (Å²) in [5, 5.41) is 12.0. The van der Waals surface area contributed by atoms with Crippen LogP contribution in [0.5, 0.6) is 0 Å². The van der Waals surface area contributed by atoms with Crippen LogP contribution < -0.4 is 5.32 Å². The van der Waals surface area contributed by atoms with Gasteiger partial charge in [0.05, 0.1) is 0 Å². The van der Waals surface area contributed by atoms with Crippen LogP contribution in [0.25, 0.3) is 0 Å². The first kappa shape index (κ1) is 14.3. The molecule has 0 bridgehead atoms. The van der Waals surface area contributed by atoms with E-state index in [0.29, 0.717) is 29.5 Å². The molecule has 1 rings (SSSR count). The molecule has 0 saturated heterocycles. The van der Waals surface area contributed by atoms with E-state index < -0.39 is 16.8 Å². The van der Waals surface area contributed by atoms with Crippen LogP contribution in [0.15, 0.2) is 6.07 Å². The van der Waals surface area contributed by atoms with Gasteiger partial charge in [-0.3, -0.25) is 4.21 Å². The number of thiophene rings is 1. The molecule has 0 amide bonds. The molecule has 0 aromatic carbocycles. The number of aromatic carboxylic acids is 1. The second-order valence-electron chi connectivity index (χ2n) is 3.61. The Hall–Kier alpha value is -0.720. The Kier molecular flexibility index (Phi) is 5.80. The van der Waals surface area contributed by atoms with Gasteiger partial charge in [0.25, 0.3) is 0 Å². The molecule has 2 N–H and O–H groups in total. The largest absolute Gasteiger partial charge is 0.477 e. The molecule has 4 nitrogen and oxygen atoms in total. The van der Waals surface area contributed by atoms with E-state index in [1.807, 2.05) is 13.8 Å². The summed E-state index contributed by atoms with van der Waals surface area (Å²) >= 11 is 1.29. The monoisotopic (exact) mass is 275 g/mol. The molecule has 1 atom stereocenters. The molecule has 17 heavy (non-hydrogen) atoms. The SMILES string of the molecule is CCS(=O)CCNCc1cc(C(=O)O)sc1C. The van der Waals surface area contributed by atoms with Gasteiger partial charge in [0, 0.05) is 40.3 Å². The summed E-state index contributed by atoms with van der Waals surface area (Å²) in [6.07, 6.45) is 0. The van der Waals surface area contributed by atoms with E-state index in [9.17, 15) is 9.00 Å². The van der Waals surface area contributed by atoms with Gasteiger partial charge in [0.1, 0.15) is 4.88 Å². The van der Waals surface area contributed by atoms with Gasteiger partial charge in [-0.25, -0.2) is 4.79 Å². The molecule has 1 heterocycles. The zero-order valence-corrected chi connectivity index (χ0v) is 11.6. The number of aryl methyl sites for hydroxylation is 1. The Morgan fingerprint density at radius 1 is 1.59 bits per heavy atom. The van der Waals surface area contributed by atoms with E-state index in [1.54, 1.807) is 6.07 Å². The highest BCUT2D eigenvalue weighted by Gasteiger charge is 2.10. The minimum absolute atomic E-state index is 0.372. The second-order valence-corrected chi connectivity index (χ2v) is 6.73. The van der Waals surface area contributed by atoms with Crippen molar-refractivity contribution in [1.29, 1.82) is 0 Å².